The molecule has 2 amide bonds. The van der Waals surface area contributed by atoms with Crippen molar-refractivity contribution in [1.82, 2.24) is 9.80 Å². The van der Waals surface area contributed by atoms with Crippen LogP contribution < -0.4 is 11.5 Å². The topological polar surface area (TPSA) is 92.7 Å². The van der Waals surface area contributed by atoms with E-state index in [1.807, 2.05) is 79.4 Å². The zero-order valence-electron chi connectivity index (χ0n) is 77.7. The number of aryl methyl sites for hydroxylation is 4. The van der Waals surface area contributed by atoms with E-state index in [2.05, 4.69) is 193 Å². The second-order valence-corrected chi connectivity index (χ2v) is 46.8. The molecule has 0 bridgehead atoms. The molecule has 0 radical (unpaired) electrons. The third-order valence-electron chi connectivity index (χ3n) is 26.4. The molecule has 10 heterocycles. The van der Waals surface area contributed by atoms with Crippen LogP contribution in [0.4, 0.5) is 0 Å². The van der Waals surface area contributed by atoms with Gasteiger partial charge < -0.3 is 21.3 Å². The van der Waals surface area contributed by atoms with Crippen LogP contribution in [-0.2, 0) is 57.2 Å². The highest BCUT2D eigenvalue weighted by Crippen LogP contribution is 2.57. The Morgan fingerprint density at radius 2 is 0.592 bits per heavy atom. The first-order valence-electron chi connectivity index (χ1n) is 48.5. The highest BCUT2D eigenvalue weighted by atomic mass is 32.1. The number of hydrogen-bond donors (Lipinski definition) is 2. The number of thiophene rings is 8. The number of nitrogens with two attached hydrogens (primary N) is 2. The van der Waals surface area contributed by atoms with Crippen molar-refractivity contribution in [1.29, 1.82) is 0 Å². The SMILES string of the molecule is CCCCCCCCC(CCCCCC)CN1C(=O)C2=C(c3ccc(-c4cc(CCCCCC)c(C(C)(C)C(C)(C)c5ccc(-c6cc(CCCCCC)c(-c7sc(C(C)(C)N)cc7CCCCCC)s6)s5)s4)s3)N(CC(CCCCCC)CCCCCCCC)C(=O)C2=C1c1ccc(-c2cc(CCCCCC)c(-c3ccc(C(C)(C)N)s3)s2)s1. The standard InChI is InChI=1S/C106H158N4O2S8/c1-17-25-33-41-43-47-55-75(53-45-35-27-19-3)73-109-95(84-63-61-81(113-84)87-69-77(57-49-37-29-21-5)97(117-87)86-66-68-91(116-86)105(13,14)107)93-94(102(109)112)96(110(101(93)111)74-76(54-46-36-28-20-4)56-48-44-42-34-26-18-2)85-64-62-82(114-85)89-71-80(60-52-40-32-24-8)100(119-89)104(11,12)103(9,10)90-67-65-83(115-90)88-70-78(58-50-38-30-22-6)98(118-88)99-79(59-51-39-31-23-7)72-92(120-99)106(15,16)108/h61-72,75-76H,17-60,73-74,107-108H2,1-16H3. The van der Waals surface area contributed by atoms with Crippen LogP contribution in [0.5, 0.6) is 0 Å². The number of hydrogen-bond acceptors (Lipinski definition) is 12. The van der Waals surface area contributed by atoms with Gasteiger partial charge >= 0.3 is 0 Å². The summed E-state index contributed by atoms with van der Waals surface area (Å²) in [5, 5.41) is 0. The minimum absolute atomic E-state index is 0.0303. The van der Waals surface area contributed by atoms with E-state index < -0.39 is 11.1 Å². The third kappa shape index (κ3) is 25.9. The van der Waals surface area contributed by atoms with Crippen LogP contribution >= 0.6 is 90.7 Å². The van der Waals surface area contributed by atoms with Crippen LogP contribution in [0.1, 0.15) is 419 Å². The van der Waals surface area contributed by atoms with Crippen LogP contribution in [0.15, 0.2) is 83.9 Å². The predicted octanol–water partition coefficient (Wildman–Crippen LogP) is 35.1. The summed E-state index contributed by atoms with van der Waals surface area (Å²) in [4.78, 5) is 58.9. The number of nitrogens with zero attached hydrogens (tertiary/aromatic N) is 2. The van der Waals surface area contributed by atoms with Gasteiger partial charge in [-0.25, -0.2) is 0 Å². The van der Waals surface area contributed by atoms with Gasteiger partial charge in [-0.1, -0.05) is 289 Å². The van der Waals surface area contributed by atoms with Crippen molar-refractivity contribution in [3.8, 4) is 48.8 Å². The maximum Gasteiger partial charge on any atom is 0.261 e. The molecule has 0 aliphatic carbocycles. The zero-order chi connectivity index (χ0) is 86.0. The van der Waals surface area contributed by atoms with Crippen molar-refractivity contribution < 1.29 is 9.59 Å². The molecule has 120 heavy (non-hydrogen) atoms. The molecule has 8 aromatic heterocycles. The highest BCUT2D eigenvalue weighted by Gasteiger charge is 2.51. The summed E-state index contributed by atoms with van der Waals surface area (Å²) in [5.41, 5.74) is 21.4. The molecule has 0 spiro atoms. The van der Waals surface area contributed by atoms with E-state index in [0.29, 0.717) is 36.1 Å². The van der Waals surface area contributed by atoms with Gasteiger partial charge in [-0.15, -0.1) is 90.7 Å². The van der Waals surface area contributed by atoms with E-state index in [0.717, 1.165) is 98.2 Å². The van der Waals surface area contributed by atoms with E-state index in [9.17, 15) is 0 Å². The molecule has 2 unspecified atom stereocenters. The Morgan fingerprint density at radius 3 is 1.02 bits per heavy atom. The van der Waals surface area contributed by atoms with Gasteiger partial charge in [-0.3, -0.25) is 9.59 Å². The minimum Gasteiger partial charge on any atom is -0.321 e. The summed E-state index contributed by atoms with van der Waals surface area (Å²) < 4.78 is 0. The van der Waals surface area contributed by atoms with Gasteiger partial charge in [0.15, 0.2) is 0 Å². The molecule has 6 nitrogen and oxygen atoms in total. The molecule has 0 aromatic carbocycles. The van der Waals surface area contributed by atoms with Crippen LogP contribution in [0.2, 0.25) is 0 Å². The van der Waals surface area contributed by atoms with E-state index in [-0.39, 0.29) is 22.6 Å². The third-order valence-corrected chi connectivity index (χ3v) is 37.7. The average Bonchev–Trinajstić information content (AvgIpc) is 1.55. The smallest absolute Gasteiger partial charge is 0.261 e. The number of carbonyl (C=O) groups excluding carboxylic acids is 2. The van der Waals surface area contributed by atoms with Crippen LogP contribution in [0, 0.1) is 11.8 Å². The number of amides is 2. The minimum atomic E-state index is -0.420. The highest BCUT2D eigenvalue weighted by molar-refractivity contribution is 7.28. The van der Waals surface area contributed by atoms with Gasteiger partial charge in [0.05, 0.1) is 32.3 Å². The molecule has 2 atom stereocenters. The lowest BCUT2D eigenvalue weighted by atomic mass is 9.65. The lowest BCUT2D eigenvalue weighted by Gasteiger charge is -2.41. The van der Waals surface area contributed by atoms with E-state index >= 15 is 9.59 Å². The Labute approximate surface area is 762 Å². The first-order chi connectivity index (χ1) is 57.8. The maximum atomic E-state index is 16.9. The fraction of sp³-hybridized carbons (Fsp3) is 0.642. The van der Waals surface area contributed by atoms with Gasteiger partial charge in [-0.2, -0.15) is 0 Å². The van der Waals surface area contributed by atoms with Gasteiger partial charge in [0, 0.05) is 103 Å². The molecule has 662 valence electrons. The van der Waals surface area contributed by atoms with Gasteiger partial charge in [0.1, 0.15) is 0 Å². The first kappa shape index (κ1) is 98.1. The monoisotopic (exact) mass is 1780 g/mol. The number of rotatable bonds is 60. The molecule has 14 heteroatoms. The van der Waals surface area contributed by atoms with Crippen molar-refractivity contribution in [3.63, 3.8) is 0 Å². The van der Waals surface area contributed by atoms with E-state index in [1.165, 1.54) is 296 Å². The van der Waals surface area contributed by atoms with Crippen molar-refractivity contribution in [2.75, 3.05) is 13.1 Å². The summed E-state index contributed by atoms with van der Waals surface area (Å²) in [6.45, 7) is 38.5. The quantitative estimate of drug-likeness (QED) is 0.0372. The Bertz CT molecular complexity index is 4480. The molecule has 0 saturated carbocycles. The predicted molar refractivity (Wildman–Crippen MR) is 539 cm³/mol. The van der Waals surface area contributed by atoms with Crippen molar-refractivity contribution in [3.05, 3.63) is 135 Å². The molecule has 0 fully saturated rings. The normalized spacial score (nSPS) is 14.3. The first-order valence-corrected chi connectivity index (χ1v) is 55.0. The second kappa shape index (κ2) is 48.2. The molecular weight excluding hydrogens is 1620 g/mol. The maximum absolute atomic E-state index is 16.9. The van der Waals surface area contributed by atoms with Gasteiger partial charge in [0.2, 0.25) is 0 Å². The fourth-order valence-electron chi connectivity index (χ4n) is 18.2. The van der Waals surface area contributed by atoms with Crippen LogP contribution in [0.3, 0.4) is 0 Å². The Morgan fingerprint density at radius 1 is 0.283 bits per heavy atom. The van der Waals surface area contributed by atoms with Crippen molar-refractivity contribution in [2.45, 2.75) is 415 Å². The molecule has 0 saturated heterocycles. The van der Waals surface area contributed by atoms with E-state index in [1.54, 1.807) is 11.3 Å². The summed E-state index contributed by atoms with van der Waals surface area (Å²) in [6, 6.07) is 28.9. The Kier molecular flexibility index (Phi) is 39.4. The fourth-order valence-corrected chi connectivity index (χ4v) is 28.3. The summed E-state index contributed by atoms with van der Waals surface area (Å²) in [7, 11) is 0. The Balaban J connectivity index is 1.09. The largest absolute Gasteiger partial charge is 0.321 e. The number of unbranched alkanes of at least 4 members (excludes halogenated alkanes) is 28. The molecule has 10 rings (SSSR count). The molecule has 2 aliphatic rings. The lowest BCUT2D eigenvalue weighted by Crippen LogP contribution is -2.39. The van der Waals surface area contributed by atoms with Gasteiger partial charge in [-0.05, 0) is 212 Å². The average molecular weight is 1780 g/mol. The molecule has 4 N–H and O–H groups in total. The summed E-state index contributed by atoms with van der Waals surface area (Å²) >= 11 is 15.4. The number of fused-ring (bicyclic) bond motifs is 1. The zero-order valence-corrected chi connectivity index (χ0v) is 84.3. The number of carbonyl (C=O) groups is 2. The van der Waals surface area contributed by atoms with Crippen molar-refractivity contribution >= 4 is 114 Å². The molecule has 2 aliphatic heterocycles. The van der Waals surface area contributed by atoms with Crippen LogP contribution in [0.25, 0.3) is 60.2 Å². The summed E-state index contributed by atoms with van der Waals surface area (Å²) in [5.74, 6) is 0.706. The van der Waals surface area contributed by atoms with Gasteiger partial charge in [0.25, 0.3) is 11.8 Å². The van der Waals surface area contributed by atoms with Crippen molar-refractivity contribution in [2.24, 2.45) is 23.3 Å². The molecule has 8 aromatic rings. The molecular formula is C106H158N4O2S8. The second-order valence-electron chi connectivity index (χ2n) is 38.3. The summed E-state index contributed by atoms with van der Waals surface area (Å²) in [6.07, 6.45) is 52.9. The van der Waals surface area contributed by atoms with E-state index in [4.69, 9.17) is 11.5 Å². The Hall–Kier alpha value is -4.06. The van der Waals surface area contributed by atoms with Crippen LogP contribution in [-0.4, -0.2) is 34.7 Å². The lowest BCUT2D eigenvalue weighted by molar-refractivity contribution is -0.124.